The number of hydrogen-bond acceptors (Lipinski definition) is 4. The number of pyridine rings is 1. The highest BCUT2D eigenvalue weighted by Crippen LogP contribution is 2.28. The number of hydrogen-bond donors (Lipinski definition) is 1. The Kier molecular flexibility index (Phi) is 6.11. The van der Waals surface area contributed by atoms with Crippen molar-refractivity contribution in [2.45, 2.75) is 45.7 Å². The molecule has 3 aromatic heterocycles. The third-order valence-electron chi connectivity index (χ3n) is 5.70. The maximum absolute atomic E-state index is 12.6. The Labute approximate surface area is 181 Å². The molecule has 0 saturated carbocycles. The lowest BCUT2D eigenvalue weighted by atomic mass is 9.95. The van der Waals surface area contributed by atoms with Crippen LogP contribution >= 0.6 is 11.3 Å². The summed E-state index contributed by atoms with van der Waals surface area (Å²) in [6, 6.07) is 20.5. The van der Waals surface area contributed by atoms with E-state index in [0.717, 1.165) is 17.8 Å². The first-order chi connectivity index (χ1) is 14.6. The highest BCUT2D eigenvalue weighted by molar-refractivity contribution is 7.10. The van der Waals surface area contributed by atoms with Gasteiger partial charge in [-0.25, -0.2) is 4.98 Å². The number of fused-ring (bicyclic) bond motifs is 1. The highest BCUT2D eigenvalue weighted by Gasteiger charge is 2.16. The molecule has 5 heteroatoms. The van der Waals surface area contributed by atoms with Gasteiger partial charge in [-0.1, -0.05) is 50.2 Å². The predicted molar refractivity (Wildman–Crippen MR) is 124 cm³/mol. The molecule has 0 aliphatic heterocycles. The van der Waals surface area contributed by atoms with E-state index in [9.17, 15) is 4.79 Å². The molecule has 4 rings (SSSR count). The second-order valence-corrected chi connectivity index (χ2v) is 8.73. The van der Waals surface area contributed by atoms with Crippen molar-refractivity contribution in [1.29, 1.82) is 0 Å². The summed E-state index contributed by atoms with van der Waals surface area (Å²) in [6.07, 6.45) is 1.13. The van der Waals surface area contributed by atoms with Crippen LogP contribution in [0.4, 0.5) is 0 Å². The summed E-state index contributed by atoms with van der Waals surface area (Å²) in [5.74, 6) is 0.561. The van der Waals surface area contributed by atoms with Gasteiger partial charge >= 0.3 is 0 Å². The summed E-state index contributed by atoms with van der Waals surface area (Å²) in [6.45, 7) is 6.92. The number of aryl methyl sites for hydroxylation is 1. The standard InChI is InChI=1S/C25H27N3OS/c1-4-17(2)19-10-12-20(13-11-19)25(22-8-6-14-30-22)26-16-21-15-24(29)28-18(3)7-5-9-23(28)27-21/h5-15,17,25-26H,4,16H2,1-3H3/t17-,25+/m0/s1. The average Bonchev–Trinajstić information content (AvgIpc) is 3.28. The van der Waals surface area contributed by atoms with Gasteiger partial charge in [0.2, 0.25) is 0 Å². The molecule has 0 amide bonds. The molecule has 0 aliphatic carbocycles. The van der Waals surface area contributed by atoms with E-state index in [1.165, 1.54) is 16.0 Å². The minimum absolute atomic E-state index is 0.0412. The van der Waals surface area contributed by atoms with Crippen molar-refractivity contribution in [2.24, 2.45) is 0 Å². The number of aromatic nitrogens is 2. The van der Waals surface area contributed by atoms with Crippen molar-refractivity contribution < 1.29 is 0 Å². The van der Waals surface area contributed by atoms with Gasteiger partial charge in [0, 0.05) is 23.2 Å². The molecule has 1 aromatic carbocycles. The summed E-state index contributed by atoms with van der Waals surface area (Å²) in [5, 5.41) is 5.72. The van der Waals surface area contributed by atoms with Crippen LogP contribution in [0.3, 0.4) is 0 Å². The molecule has 154 valence electrons. The van der Waals surface area contributed by atoms with E-state index in [4.69, 9.17) is 4.98 Å². The van der Waals surface area contributed by atoms with Gasteiger partial charge in [-0.3, -0.25) is 14.5 Å². The minimum atomic E-state index is -0.0412. The first-order valence-electron chi connectivity index (χ1n) is 10.4. The van der Waals surface area contributed by atoms with E-state index in [-0.39, 0.29) is 11.6 Å². The van der Waals surface area contributed by atoms with E-state index in [2.05, 4.69) is 60.9 Å². The van der Waals surface area contributed by atoms with Crippen LogP contribution in [0.25, 0.3) is 5.65 Å². The van der Waals surface area contributed by atoms with Crippen LogP contribution in [0, 0.1) is 6.92 Å². The zero-order valence-corrected chi connectivity index (χ0v) is 18.4. The Bertz CT molecular complexity index is 1180. The van der Waals surface area contributed by atoms with E-state index in [1.54, 1.807) is 21.8 Å². The molecule has 2 atom stereocenters. The molecule has 0 fully saturated rings. The lowest BCUT2D eigenvalue weighted by Gasteiger charge is -2.19. The fourth-order valence-corrected chi connectivity index (χ4v) is 4.58. The van der Waals surface area contributed by atoms with Crippen LogP contribution in [-0.2, 0) is 6.54 Å². The molecule has 0 saturated heterocycles. The van der Waals surface area contributed by atoms with E-state index in [1.807, 2.05) is 25.1 Å². The van der Waals surface area contributed by atoms with Crippen LogP contribution in [0.5, 0.6) is 0 Å². The van der Waals surface area contributed by atoms with Crippen molar-refractivity contribution in [3.8, 4) is 0 Å². The van der Waals surface area contributed by atoms with Crippen molar-refractivity contribution >= 4 is 17.0 Å². The maximum atomic E-state index is 12.6. The molecular weight excluding hydrogens is 390 g/mol. The first kappa shape index (κ1) is 20.5. The van der Waals surface area contributed by atoms with Crippen LogP contribution in [0.15, 0.2) is 70.8 Å². The average molecular weight is 418 g/mol. The number of rotatable bonds is 7. The molecular formula is C25H27N3OS. The Morgan fingerprint density at radius 2 is 1.83 bits per heavy atom. The Morgan fingerprint density at radius 1 is 1.07 bits per heavy atom. The van der Waals surface area contributed by atoms with Crippen molar-refractivity contribution in [3.63, 3.8) is 0 Å². The van der Waals surface area contributed by atoms with Gasteiger partial charge < -0.3 is 0 Å². The smallest absolute Gasteiger partial charge is 0.258 e. The van der Waals surface area contributed by atoms with E-state index >= 15 is 0 Å². The summed E-state index contributed by atoms with van der Waals surface area (Å²) in [5.41, 5.74) is 4.87. The van der Waals surface area contributed by atoms with Gasteiger partial charge in [0.15, 0.2) is 0 Å². The number of nitrogens with one attached hydrogen (secondary N) is 1. The third kappa shape index (κ3) is 4.23. The Hall–Kier alpha value is -2.76. The predicted octanol–water partition coefficient (Wildman–Crippen LogP) is 5.46. The molecule has 3 heterocycles. The number of thiophene rings is 1. The summed E-state index contributed by atoms with van der Waals surface area (Å²) in [7, 11) is 0. The topological polar surface area (TPSA) is 46.4 Å². The fraction of sp³-hybridized carbons (Fsp3) is 0.280. The SMILES string of the molecule is CC[C@H](C)c1ccc([C@@H](NCc2cc(=O)n3c(C)cccc3n2)c2cccs2)cc1. The van der Waals surface area contributed by atoms with Gasteiger partial charge in [-0.2, -0.15) is 0 Å². The largest absolute Gasteiger partial charge is 0.300 e. The van der Waals surface area contributed by atoms with Crippen molar-refractivity contribution in [1.82, 2.24) is 14.7 Å². The highest BCUT2D eigenvalue weighted by atomic mass is 32.1. The second kappa shape index (κ2) is 8.94. The molecule has 0 unspecified atom stereocenters. The van der Waals surface area contributed by atoms with Gasteiger partial charge in [-0.15, -0.1) is 11.3 Å². The van der Waals surface area contributed by atoms with Gasteiger partial charge in [0.05, 0.1) is 11.7 Å². The monoisotopic (exact) mass is 417 g/mol. The quantitative estimate of drug-likeness (QED) is 0.434. The number of nitrogens with zero attached hydrogens (tertiary/aromatic N) is 2. The fourth-order valence-electron chi connectivity index (χ4n) is 3.75. The minimum Gasteiger partial charge on any atom is -0.300 e. The third-order valence-corrected chi connectivity index (χ3v) is 6.64. The molecule has 30 heavy (non-hydrogen) atoms. The van der Waals surface area contributed by atoms with E-state index in [0.29, 0.717) is 18.1 Å². The van der Waals surface area contributed by atoms with Crippen LogP contribution in [0.1, 0.15) is 59.6 Å². The Balaban J connectivity index is 1.61. The van der Waals surface area contributed by atoms with Crippen molar-refractivity contribution in [3.05, 3.63) is 104 Å². The molecule has 0 radical (unpaired) electrons. The van der Waals surface area contributed by atoms with Crippen LogP contribution < -0.4 is 10.9 Å². The second-order valence-electron chi connectivity index (χ2n) is 7.75. The zero-order chi connectivity index (χ0) is 21.1. The van der Waals surface area contributed by atoms with E-state index < -0.39 is 0 Å². The van der Waals surface area contributed by atoms with Gasteiger partial charge in [0.25, 0.3) is 5.56 Å². The van der Waals surface area contributed by atoms with Crippen LogP contribution in [0.2, 0.25) is 0 Å². The summed E-state index contributed by atoms with van der Waals surface area (Å²) in [4.78, 5) is 18.5. The number of benzene rings is 1. The zero-order valence-electron chi connectivity index (χ0n) is 17.6. The lowest BCUT2D eigenvalue weighted by molar-refractivity contribution is 0.603. The van der Waals surface area contributed by atoms with Gasteiger partial charge in [0.1, 0.15) is 5.65 Å². The van der Waals surface area contributed by atoms with Crippen molar-refractivity contribution in [2.75, 3.05) is 0 Å². The van der Waals surface area contributed by atoms with Gasteiger partial charge in [-0.05, 0) is 54.0 Å². The molecule has 0 bridgehead atoms. The normalized spacial score (nSPS) is 13.4. The first-order valence-corrected chi connectivity index (χ1v) is 11.3. The molecule has 4 aromatic rings. The maximum Gasteiger partial charge on any atom is 0.258 e. The Morgan fingerprint density at radius 3 is 2.53 bits per heavy atom. The molecule has 4 nitrogen and oxygen atoms in total. The lowest BCUT2D eigenvalue weighted by Crippen LogP contribution is -2.24. The summed E-state index contributed by atoms with van der Waals surface area (Å²) < 4.78 is 1.65. The molecule has 0 aliphatic rings. The molecule has 0 spiro atoms. The van der Waals surface area contributed by atoms with Crippen LogP contribution in [-0.4, -0.2) is 9.38 Å². The summed E-state index contributed by atoms with van der Waals surface area (Å²) >= 11 is 1.73. The molecule has 1 N–H and O–H groups in total.